The molecule has 0 radical (unpaired) electrons. The molecule has 3 aliphatic carbocycles. The quantitative estimate of drug-likeness (QED) is 0.760. The van der Waals surface area contributed by atoms with Gasteiger partial charge in [0.25, 0.3) is 0 Å². The molecule has 7 atom stereocenters. The van der Waals surface area contributed by atoms with Gasteiger partial charge in [0.2, 0.25) is 0 Å². The molecule has 144 valence electrons. The van der Waals surface area contributed by atoms with Gasteiger partial charge in [0.05, 0.1) is 12.2 Å². The molecule has 3 aliphatic rings. The lowest BCUT2D eigenvalue weighted by Crippen LogP contribution is -2.56. The summed E-state index contributed by atoms with van der Waals surface area (Å²) in [6.45, 7) is 8.70. The highest BCUT2D eigenvalue weighted by molar-refractivity contribution is 5.65. The maximum absolute atomic E-state index is 11.1. The lowest BCUT2D eigenvalue weighted by atomic mass is 9.46. The summed E-state index contributed by atoms with van der Waals surface area (Å²) < 4.78 is 5.18. The summed E-state index contributed by atoms with van der Waals surface area (Å²) in [4.78, 5) is 11.1. The zero-order valence-electron chi connectivity index (χ0n) is 16.4. The molecule has 0 saturated heterocycles. The van der Waals surface area contributed by atoms with E-state index in [2.05, 4.69) is 13.8 Å². The summed E-state index contributed by atoms with van der Waals surface area (Å²) in [6.07, 6.45) is 7.29. The van der Waals surface area contributed by atoms with Crippen LogP contribution in [0.25, 0.3) is 0 Å². The first-order valence-electron chi connectivity index (χ1n) is 10.1. The van der Waals surface area contributed by atoms with Gasteiger partial charge in [0.15, 0.2) is 0 Å². The highest BCUT2D eigenvalue weighted by Crippen LogP contribution is 2.66. The number of carbonyl (C=O) groups is 1. The van der Waals surface area contributed by atoms with Crippen LogP contribution in [-0.2, 0) is 9.53 Å². The van der Waals surface area contributed by atoms with Crippen LogP contribution in [0.4, 0.5) is 0 Å². The molecule has 0 bridgehead atoms. The maximum Gasteiger partial charge on any atom is 0.302 e. The number of esters is 1. The molecular formula is C21H36O4. The van der Waals surface area contributed by atoms with Gasteiger partial charge < -0.3 is 14.9 Å². The van der Waals surface area contributed by atoms with Crippen LogP contribution in [0.1, 0.15) is 72.6 Å². The van der Waals surface area contributed by atoms with Crippen LogP contribution < -0.4 is 0 Å². The van der Waals surface area contributed by atoms with Gasteiger partial charge in [-0.25, -0.2) is 0 Å². The van der Waals surface area contributed by atoms with Crippen molar-refractivity contribution in [2.75, 3.05) is 13.2 Å². The topological polar surface area (TPSA) is 66.8 Å². The van der Waals surface area contributed by atoms with Crippen LogP contribution in [0.15, 0.2) is 0 Å². The summed E-state index contributed by atoms with van der Waals surface area (Å²) in [7, 11) is 0. The van der Waals surface area contributed by atoms with Gasteiger partial charge in [-0.3, -0.25) is 4.79 Å². The Hall–Kier alpha value is -0.610. The zero-order valence-corrected chi connectivity index (χ0v) is 16.4. The fourth-order valence-electron chi connectivity index (χ4n) is 6.84. The first-order valence-corrected chi connectivity index (χ1v) is 10.1. The molecular weight excluding hydrogens is 316 g/mol. The Balaban J connectivity index is 1.78. The zero-order chi connectivity index (χ0) is 18.5. The smallest absolute Gasteiger partial charge is 0.302 e. The largest absolute Gasteiger partial charge is 0.466 e. The van der Waals surface area contributed by atoms with E-state index in [1.165, 1.54) is 13.3 Å². The lowest BCUT2D eigenvalue weighted by molar-refractivity contribution is -0.153. The van der Waals surface area contributed by atoms with Crippen molar-refractivity contribution in [1.29, 1.82) is 0 Å². The van der Waals surface area contributed by atoms with Crippen LogP contribution >= 0.6 is 0 Å². The molecule has 4 heteroatoms. The molecule has 4 nitrogen and oxygen atoms in total. The van der Waals surface area contributed by atoms with Crippen molar-refractivity contribution in [3.8, 4) is 0 Å². The molecule has 0 unspecified atom stereocenters. The first kappa shape index (κ1) is 19.2. The van der Waals surface area contributed by atoms with Gasteiger partial charge in [-0.2, -0.15) is 0 Å². The number of hydrogen-bond acceptors (Lipinski definition) is 4. The van der Waals surface area contributed by atoms with E-state index in [1.54, 1.807) is 0 Å². The molecule has 0 aromatic carbocycles. The van der Waals surface area contributed by atoms with E-state index in [-0.39, 0.29) is 23.4 Å². The number of hydrogen-bond donors (Lipinski definition) is 2. The second kappa shape index (κ2) is 6.53. The number of ether oxygens (including phenoxy) is 1. The fraction of sp³-hybridized carbons (Fsp3) is 0.952. The molecule has 0 aromatic heterocycles. The molecule has 3 saturated carbocycles. The molecule has 0 amide bonds. The summed E-state index contributed by atoms with van der Waals surface area (Å²) in [5.41, 5.74) is -0.627. The third-order valence-electron chi connectivity index (χ3n) is 8.74. The Morgan fingerprint density at radius 2 is 1.76 bits per heavy atom. The normalized spacial score (nSPS) is 49.4. The van der Waals surface area contributed by atoms with Crippen molar-refractivity contribution >= 4 is 5.97 Å². The Morgan fingerprint density at radius 3 is 2.40 bits per heavy atom. The minimum atomic E-state index is -0.551. The number of rotatable bonds is 4. The Labute approximate surface area is 152 Å². The standard InChI is InChI=1S/C21H36O4/c1-14(23)25-12-9-15-5-6-16-17(19(15,2)13-22)7-10-20(3)18(16)8-11-21(20,4)24/h15-18,22,24H,5-13H2,1-4H3/t15-,16+,17-,18-,19-,20-,21-/m0/s1. The van der Waals surface area contributed by atoms with E-state index in [4.69, 9.17) is 4.74 Å². The Kier molecular flexibility index (Phi) is 5.00. The summed E-state index contributed by atoms with van der Waals surface area (Å²) in [5.74, 6) is 1.88. The minimum Gasteiger partial charge on any atom is -0.466 e. The molecule has 25 heavy (non-hydrogen) atoms. The van der Waals surface area contributed by atoms with Crippen LogP contribution in [0.2, 0.25) is 0 Å². The first-order chi connectivity index (χ1) is 11.7. The Morgan fingerprint density at radius 1 is 1.08 bits per heavy atom. The number of aliphatic hydroxyl groups excluding tert-OH is 1. The second-order valence-electron chi connectivity index (χ2n) is 9.71. The number of fused-ring (bicyclic) bond motifs is 3. The van der Waals surface area contributed by atoms with E-state index < -0.39 is 5.60 Å². The van der Waals surface area contributed by atoms with E-state index in [0.717, 1.165) is 38.5 Å². The van der Waals surface area contributed by atoms with Crippen LogP contribution in [-0.4, -0.2) is 35.0 Å². The summed E-state index contributed by atoms with van der Waals surface area (Å²) in [6, 6.07) is 0. The highest BCUT2D eigenvalue weighted by Gasteiger charge is 2.62. The fourth-order valence-corrected chi connectivity index (χ4v) is 6.84. The average Bonchev–Trinajstić information content (AvgIpc) is 2.79. The molecule has 3 rings (SSSR count). The number of aliphatic hydroxyl groups is 2. The summed E-state index contributed by atoms with van der Waals surface area (Å²) in [5, 5.41) is 21.3. The second-order valence-corrected chi connectivity index (χ2v) is 9.71. The van der Waals surface area contributed by atoms with E-state index in [9.17, 15) is 15.0 Å². The number of carbonyl (C=O) groups excluding carboxylic acids is 1. The minimum absolute atomic E-state index is 0.0229. The van der Waals surface area contributed by atoms with Crippen molar-refractivity contribution in [3.05, 3.63) is 0 Å². The third-order valence-corrected chi connectivity index (χ3v) is 8.74. The van der Waals surface area contributed by atoms with Gasteiger partial charge in [-0.05, 0) is 86.4 Å². The average molecular weight is 353 g/mol. The van der Waals surface area contributed by atoms with E-state index >= 15 is 0 Å². The maximum atomic E-state index is 11.1. The summed E-state index contributed by atoms with van der Waals surface area (Å²) >= 11 is 0. The third kappa shape index (κ3) is 2.93. The van der Waals surface area contributed by atoms with Gasteiger partial charge in [0, 0.05) is 13.5 Å². The van der Waals surface area contributed by atoms with Crippen LogP contribution in [0.5, 0.6) is 0 Å². The van der Waals surface area contributed by atoms with Crippen LogP contribution in [0, 0.1) is 34.5 Å². The molecule has 2 N–H and O–H groups in total. The predicted octanol–water partition coefficient (Wildman–Crippen LogP) is 3.54. The van der Waals surface area contributed by atoms with Crippen LogP contribution in [0.3, 0.4) is 0 Å². The molecule has 0 heterocycles. The SMILES string of the molecule is CC(=O)OCC[C@@H]1CC[C@@H]2[C@H](CC[C@@]3(C)[C@H]2CC[C@]3(C)O)[C@@]1(C)CO. The Bertz CT molecular complexity index is 516. The van der Waals surface area contributed by atoms with Gasteiger partial charge in [0.1, 0.15) is 0 Å². The van der Waals surface area contributed by atoms with E-state index in [0.29, 0.717) is 30.3 Å². The van der Waals surface area contributed by atoms with Crippen molar-refractivity contribution in [2.24, 2.45) is 34.5 Å². The molecule has 3 fully saturated rings. The van der Waals surface area contributed by atoms with Crippen molar-refractivity contribution < 1.29 is 19.7 Å². The monoisotopic (exact) mass is 352 g/mol. The van der Waals surface area contributed by atoms with E-state index in [1.807, 2.05) is 6.92 Å². The predicted molar refractivity (Wildman–Crippen MR) is 96.8 cm³/mol. The van der Waals surface area contributed by atoms with Crippen molar-refractivity contribution in [1.82, 2.24) is 0 Å². The van der Waals surface area contributed by atoms with Gasteiger partial charge >= 0.3 is 5.97 Å². The lowest BCUT2D eigenvalue weighted by Gasteiger charge is -2.59. The van der Waals surface area contributed by atoms with Crippen molar-refractivity contribution in [2.45, 2.75) is 78.2 Å². The molecule has 0 aliphatic heterocycles. The van der Waals surface area contributed by atoms with Crippen molar-refractivity contribution in [3.63, 3.8) is 0 Å². The van der Waals surface area contributed by atoms with Gasteiger partial charge in [-0.15, -0.1) is 0 Å². The highest BCUT2D eigenvalue weighted by atomic mass is 16.5. The molecule has 0 spiro atoms. The van der Waals surface area contributed by atoms with Gasteiger partial charge in [-0.1, -0.05) is 13.8 Å². The molecule has 0 aromatic rings.